The second-order valence-corrected chi connectivity index (χ2v) is 9.93. The minimum atomic E-state index is -1.08. The Morgan fingerprint density at radius 1 is 0.950 bits per heavy atom. The molecule has 0 aliphatic heterocycles. The zero-order valence-corrected chi connectivity index (χ0v) is 23.7. The summed E-state index contributed by atoms with van der Waals surface area (Å²) in [6.45, 7) is 5.72. The Morgan fingerprint density at radius 2 is 1.62 bits per heavy atom. The predicted octanol–water partition coefficient (Wildman–Crippen LogP) is 4.54. The van der Waals surface area contributed by atoms with Gasteiger partial charge in [-0.25, -0.2) is 4.68 Å². The quantitative estimate of drug-likeness (QED) is 0.295. The number of fused-ring (bicyclic) bond motifs is 1. The summed E-state index contributed by atoms with van der Waals surface area (Å²) in [5.41, 5.74) is 1.86. The van der Waals surface area contributed by atoms with Crippen molar-refractivity contribution in [3.05, 3.63) is 72.3 Å². The number of amides is 2. The van der Waals surface area contributed by atoms with E-state index in [1.807, 2.05) is 45.0 Å². The van der Waals surface area contributed by atoms with Crippen molar-refractivity contribution in [1.82, 2.24) is 20.3 Å². The molecule has 0 bridgehead atoms. The normalized spacial score (nSPS) is 12.1. The highest BCUT2D eigenvalue weighted by Gasteiger charge is 2.37. The molecule has 0 aliphatic carbocycles. The van der Waals surface area contributed by atoms with Gasteiger partial charge in [-0.05, 0) is 68.8 Å². The van der Waals surface area contributed by atoms with Crippen LogP contribution in [0.1, 0.15) is 38.8 Å². The molecule has 2 amide bonds. The van der Waals surface area contributed by atoms with E-state index >= 15 is 0 Å². The molecule has 10 heteroatoms. The number of carbonyl (C=O) groups is 2. The topological polar surface area (TPSA) is 108 Å². The highest BCUT2D eigenvalue weighted by Crippen LogP contribution is 2.37. The number of benzene rings is 3. The number of nitrogens with one attached hydrogen (secondary N) is 1. The van der Waals surface area contributed by atoms with E-state index in [1.165, 1.54) is 16.7 Å². The highest BCUT2D eigenvalue weighted by molar-refractivity contribution is 6.02. The third-order valence-corrected chi connectivity index (χ3v) is 6.91. The van der Waals surface area contributed by atoms with E-state index in [0.29, 0.717) is 46.0 Å². The molecule has 10 nitrogen and oxygen atoms in total. The molecule has 1 unspecified atom stereocenters. The van der Waals surface area contributed by atoms with Crippen molar-refractivity contribution in [3.8, 4) is 17.2 Å². The standard InChI is InChI=1S/C30H35N5O5/c1-7-30(2,3)31-29(37)28(23-17-16-22(39-5)18-26(23)40-6)35(20-12-14-21(38-4)15-13-20)27(36)19-34-25-11-9-8-10-24(25)32-33-34/h8-18,28H,7,19H2,1-6H3,(H,31,37). The van der Waals surface area contributed by atoms with Crippen molar-refractivity contribution in [2.45, 2.75) is 45.3 Å². The zero-order chi connectivity index (χ0) is 28.9. The number of aromatic nitrogens is 3. The molecule has 3 aromatic carbocycles. The molecule has 0 fully saturated rings. The molecule has 1 aromatic heterocycles. The smallest absolute Gasteiger partial charge is 0.249 e. The molecule has 4 rings (SSSR count). The van der Waals surface area contributed by atoms with Crippen LogP contribution < -0.4 is 24.4 Å². The van der Waals surface area contributed by atoms with Crippen molar-refractivity contribution in [3.63, 3.8) is 0 Å². The van der Waals surface area contributed by atoms with Crippen molar-refractivity contribution < 1.29 is 23.8 Å². The van der Waals surface area contributed by atoms with E-state index in [-0.39, 0.29) is 18.4 Å². The number of hydrogen-bond acceptors (Lipinski definition) is 7. The van der Waals surface area contributed by atoms with E-state index in [1.54, 1.807) is 56.7 Å². The molecule has 1 atom stereocenters. The van der Waals surface area contributed by atoms with Crippen LogP contribution in [0.4, 0.5) is 5.69 Å². The highest BCUT2D eigenvalue weighted by atomic mass is 16.5. The van der Waals surface area contributed by atoms with E-state index in [9.17, 15) is 9.59 Å². The van der Waals surface area contributed by atoms with Crippen LogP contribution in [0.3, 0.4) is 0 Å². The number of anilines is 1. The molecule has 0 saturated heterocycles. The van der Waals surface area contributed by atoms with Crippen molar-refractivity contribution in [2.24, 2.45) is 0 Å². The summed E-state index contributed by atoms with van der Waals surface area (Å²) in [6.07, 6.45) is 0.687. The maximum absolute atomic E-state index is 14.2. The molecule has 0 saturated carbocycles. The zero-order valence-electron chi connectivity index (χ0n) is 23.7. The minimum Gasteiger partial charge on any atom is -0.497 e. The number of carbonyl (C=O) groups excluding carboxylic acids is 2. The Labute approximate surface area is 233 Å². The second kappa shape index (κ2) is 12.1. The van der Waals surface area contributed by atoms with Crippen LogP contribution in [0.2, 0.25) is 0 Å². The summed E-state index contributed by atoms with van der Waals surface area (Å²) >= 11 is 0. The van der Waals surface area contributed by atoms with Gasteiger partial charge in [0, 0.05) is 22.9 Å². The first-order chi connectivity index (χ1) is 19.2. The fraction of sp³-hybridized carbons (Fsp3) is 0.333. The largest absolute Gasteiger partial charge is 0.497 e. The summed E-state index contributed by atoms with van der Waals surface area (Å²) in [5.74, 6) is 0.862. The first kappa shape index (κ1) is 28.4. The van der Waals surface area contributed by atoms with Gasteiger partial charge in [0.2, 0.25) is 11.8 Å². The first-order valence-electron chi connectivity index (χ1n) is 13.0. The maximum Gasteiger partial charge on any atom is 0.249 e. The minimum absolute atomic E-state index is 0.147. The lowest BCUT2D eigenvalue weighted by molar-refractivity contribution is -0.128. The van der Waals surface area contributed by atoms with Gasteiger partial charge in [0.15, 0.2) is 0 Å². The molecule has 0 radical (unpaired) electrons. The fourth-order valence-corrected chi connectivity index (χ4v) is 4.35. The monoisotopic (exact) mass is 545 g/mol. The van der Waals surface area contributed by atoms with Crippen molar-refractivity contribution in [2.75, 3.05) is 26.2 Å². The number of ether oxygens (including phenoxy) is 3. The van der Waals surface area contributed by atoms with Crippen LogP contribution in [0, 0.1) is 0 Å². The molecule has 0 aliphatic rings. The fourth-order valence-electron chi connectivity index (χ4n) is 4.35. The van der Waals surface area contributed by atoms with Gasteiger partial charge in [-0.3, -0.25) is 14.5 Å². The molecular formula is C30H35N5O5. The van der Waals surface area contributed by atoms with Crippen molar-refractivity contribution in [1.29, 1.82) is 0 Å². The first-order valence-corrected chi connectivity index (χ1v) is 13.0. The summed E-state index contributed by atoms with van der Waals surface area (Å²) < 4.78 is 18.0. The SMILES string of the molecule is CCC(C)(C)NC(=O)C(c1ccc(OC)cc1OC)N(C(=O)Cn1nnc2ccccc21)c1ccc(OC)cc1. The lowest BCUT2D eigenvalue weighted by Gasteiger charge is -2.35. The van der Waals surface area contributed by atoms with Gasteiger partial charge in [-0.1, -0.05) is 24.3 Å². The number of rotatable bonds is 11. The van der Waals surface area contributed by atoms with Gasteiger partial charge >= 0.3 is 0 Å². The van der Waals surface area contributed by atoms with Gasteiger partial charge in [0.05, 0.1) is 26.8 Å². The molecule has 1 N–H and O–H groups in total. The summed E-state index contributed by atoms with van der Waals surface area (Å²) in [6, 6.07) is 18.5. The van der Waals surface area contributed by atoms with E-state index in [4.69, 9.17) is 14.2 Å². The van der Waals surface area contributed by atoms with Gasteiger partial charge in [0.25, 0.3) is 0 Å². The van der Waals surface area contributed by atoms with Gasteiger partial charge in [0.1, 0.15) is 35.4 Å². The number of nitrogens with zero attached hydrogens (tertiary/aromatic N) is 4. The molecule has 40 heavy (non-hydrogen) atoms. The van der Waals surface area contributed by atoms with Crippen LogP contribution in [-0.2, 0) is 16.1 Å². The second-order valence-electron chi connectivity index (χ2n) is 9.93. The average molecular weight is 546 g/mol. The Kier molecular flexibility index (Phi) is 8.57. The average Bonchev–Trinajstić information content (AvgIpc) is 3.37. The summed E-state index contributed by atoms with van der Waals surface area (Å²) in [4.78, 5) is 29.9. The van der Waals surface area contributed by atoms with Crippen LogP contribution in [0.15, 0.2) is 66.7 Å². The Hall–Kier alpha value is -4.60. The van der Waals surface area contributed by atoms with Crippen LogP contribution in [-0.4, -0.2) is 53.7 Å². The Balaban J connectivity index is 1.88. The van der Waals surface area contributed by atoms with Gasteiger partial charge in [-0.2, -0.15) is 0 Å². The third kappa shape index (κ3) is 6.01. The molecular weight excluding hydrogens is 510 g/mol. The van der Waals surface area contributed by atoms with Gasteiger partial charge < -0.3 is 19.5 Å². The van der Waals surface area contributed by atoms with E-state index < -0.39 is 11.6 Å². The van der Waals surface area contributed by atoms with Crippen LogP contribution in [0.5, 0.6) is 17.2 Å². The third-order valence-electron chi connectivity index (χ3n) is 6.91. The molecule has 0 spiro atoms. The molecule has 210 valence electrons. The Bertz CT molecular complexity index is 1480. The van der Waals surface area contributed by atoms with Gasteiger partial charge in [-0.15, -0.1) is 5.10 Å². The van der Waals surface area contributed by atoms with E-state index in [0.717, 1.165) is 0 Å². The Morgan fingerprint density at radius 3 is 2.27 bits per heavy atom. The van der Waals surface area contributed by atoms with Crippen LogP contribution in [0.25, 0.3) is 11.0 Å². The molecule has 4 aromatic rings. The van der Waals surface area contributed by atoms with E-state index in [2.05, 4.69) is 15.6 Å². The maximum atomic E-state index is 14.2. The lowest BCUT2D eigenvalue weighted by Crippen LogP contribution is -2.51. The summed E-state index contributed by atoms with van der Waals surface area (Å²) in [7, 11) is 4.64. The van der Waals surface area contributed by atoms with Crippen LogP contribution >= 0.6 is 0 Å². The number of methoxy groups -OCH3 is 3. The van der Waals surface area contributed by atoms with Crippen molar-refractivity contribution >= 4 is 28.5 Å². The molecule has 1 heterocycles. The number of para-hydroxylation sites is 1. The predicted molar refractivity (Wildman–Crippen MR) is 153 cm³/mol. The number of hydrogen-bond donors (Lipinski definition) is 1. The lowest BCUT2D eigenvalue weighted by atomic mass is 9.97. The summed E-state index contributed by atoms with van der Waals surface area (Å²) in [5, 5.41) is 11.5.